The lowest BCUT2D eigenvalue weighted by atomic mass is 10.0. The van der Waals surface area contributed by atoms with E-state index in [1.807, 2.05) is 24.3 Å². The average Bonchev–Trinajstić information content (AvgIpc) is 3.00. The fourth-order valence-electron chi connectivity index (χ4n) is 2.82. The summed E-state index contributed by atoms with van der Waals surface area (Å²) in [5.41, 5.74) is 1.97. The zero-order valence-electron chi connectivity index (χ0n) is 13.5. The van der Waals surface area contributed by atoms with E-state index in [9.17, 15) is 14.4 Å². The lowest BCUT2D eigenvalue weighted by Gasteiger charge is -2.29. The first-order valence-corrected chi connectivity index (χ1v) is 7.96. The maximum absolute atomic E-state index is 12.2. The van der Waals surface area contributed by atoms with E-state index in [0.29, 0.717) is 6.42 Å². The summed E-state index contributed by atoms with van der Waals surface area (Å²) in [6.45, 7) is 0.0203. The van der Waals surface area contributed by atoms with Crippen molar-refractivity contribution in [1.82, 2.24) is 9.78 Å². The number of rotatable bonds is 6. The largest absolute Gasteiger partial charge is 0.480 e. The quantitative estimate of drug-likeness (QED) is 0.823. The smallest absolute Gasteiger partial charge is 0.325 e. The standard InChI is InChI=1S/C17H18N4O4/c22-15(18-14-7-9-20(19-14)11-17(24)25)8-10-21-13-4-2-1-3-12(13)5-6-16(21)23/h1-4,7,9H,5-6,8,10-11H2,(H,24,25)(H,18,19,22). The van der Waals surface area contributed by atoms with Crippen LogP contribution < -0.4 is 10.2 Å². The monoisotopic (exact) mass is 342 g/mol. The van der Waals surface area contributed by atoms with E-state index < -0.39 is 5.97 Å². The molecule has 1 aliphatic rings. The SMILES string of the molecule is O=C(O)Cn1ccc(NC(=O)CCN2C(=O)CCc3ccccc32)n1. The molecule has 2 amide bonds. The zero-order chi connectivity index (χ0) is 17.8. The summed E-state index contributed by atoms with van der Waals surface area (Å²) in [5.74, 6) is -0.992. The Balaban J connectivity index is 1.58. The number of hydrogen-bond acceptors (Lipinski definition) is 4. The number of benzene rings is 1. The molecule has 0 spiro atoms. The number of aliphatic carboxylic acids is 1. The number of nitrogens with one attached hydrogen (secondary N) is 1. The molecular weight excluding hydrogens is 324 g/mol. The first-order valence-electron chi connectivity index (χ1n) is 7.96. The number of anilines is 2. The van der Waals surface area contributed by atoms with Gasteiger partial charge in [-0.1, -0.05) is 18.2 Å². The van der Waals surface area contributed by atoms with Crippen molar-refractivity contribution in [3.05, 3.63) is 42.1 Å². The molecule has 2 heterocycles. The van der Waals surface area contributed by atoms with Gasteiger partial charge in [0.25, 0.3) is 0 Å². The molecule has 0 saturated heterocycles. The minimum absolute atomic E-state index is 0.0113. The Bertz CT molecular complexity index is 814. The van der Waals surface area contributed by atoms with Crippen LogP contribution in [-0.2, 0) is 27.3 Å². The van der Waals surface area contributed by atoms with Gasteiger partial charge in [0.05, 0.1) is 0 Å². The molecule has 8 heteroatoms. The molecule has 0 radical (unpaired) electrons. The molecule has 8 nitrogen and oxygen atoms in total. The lowest BCUT2D eigenvalue weighted by molar-refractivity contribution is -0.137. The van der Waals surface area contributed by atoms with Gasteiger partial charge in [-0.25, -0.2) is 0 Å². The third-order valence-corrected chi connectivity index (χ3v) is 3.96. The highest BCUT2D eigenvalue weighted by Crippen LogP contribution is 2.27. The van der Waals surface area contributed by atoms with E-state index in [4.69, 9.17) is 5.11 Å². The van der Waals surface area contributed by atoms with Crippen molar-refractivity contribution < 1.29 is 19.5 Å². The molecule has 25 heavy (non-hydrogen) atoms. The number of fused-ring (bicyclic) bond motifs is 1. The third kappa shape index (κ3) is 4.03. The molecule has 1 aromatic heterocycles. The van der Waals surface area contributed by atoms with Gasteiger partial charge in [-0.15, -0.1) is 0 Å². The highest BCUT2D eigenvalue weighted by molar-refractivity contribution is 5.97. The summed E-state index contributed by atoms with van der Waals surface area (Å²) in [5, 5.41) is 15.3. The van der Waals surface area contributed by atoms with Crippen molar-refractivity contribution in [2.45, 2.75) is 25.8 Å². The summed E-state index contributed by atoms with van der Waals surface area (Å²) in [6, 6.07) is 9.22. The Morgan fingerprint density at radius 1 is 1.20 bits per heavy atom. The van der Waals surface area contributed by atoms with E-state index >= 15 is 0 Å². The van der Waals surface area contributed by atoms with Gasteiger partial charge in [0.15, 0.2) is 5.82 Å². The lowest BCUT2D eigenvalue weighted by Crippen LogP contribution is -2.37. The van der Waals surface area contributed by atoms with Gasteiger partial charge in [-0.2, -0.15) is 5.10 Å². The van der Waals surface area contributed by atoms with Gasteiger partial charge < -0.3 is 15.3 Å². The van der Waals surface area contributed by atoms with Crippen molar-refractivity contribution >= 4 is 29.3 Å². The summed E-state index contributed by atoms with van der Waals surface area (Å²) in [6.07, 6.45) is 2.77. The van der Waals surface area contributed by atoms with Gasteiger partial charge in [-0.05, 0) is 18.1 Å². The van der Waals surface area contributed by atoms with Crippen LogP contribution in [0, 0.1) is 0 Å². The predicted octanol–water partition coefficient (Wildman–Crippen LogP) is 1.28. The number of carbonyl (C=O) groups excluding carboxylic acids is 2. The molecular formula is C17H18N4O4. The molecule has 0 bridgehead atoms. The highest BCUT2D eigenvalue weighted by atomic mass is 16.4. The van der Waals surface area contributed by atoms with E-state index in [-0.39, 0.29) is 37.1 Å². The first-order chi connectivity index (χ1) is 12.0. The maximum atomic E-state index is 12.2. The van der Waals surface area contributed by atoms with Gasteiger partial charge in [0.2, 0.25) is 11.8 Å². The van der Waals surface area contributed by atoms with Gasteiger partial charge >= 0.3 is 5.97 Å². The number of aromatic nitrogens is 2. The average molecular weight is 342 g/mol. The number of nitrogens with zero attached hydrogens (tertiary/aromatic N) is 3. The summed E-state index contributed by atoms with van der Waals surface area (Å²) in [7, 11) is 0. The van der Waals surface area contributed by atoms with Crippen LogP contribution in [0.25, 0.3) is 0 Å². The third-order valence-electron chi connectivity index (χ3n) is 3.96. The number of carbonyl (C=O) groups is 3. The van der Waals surface area contributed by atoms with E-state index in [2.05, 4.69) is 10.4 Å². The van der Waals surface area contributed by atoms with Crippen LogP contribution in [0.2, 0.25) is 0 Å². The molecule has 0 saturated carbocycles. The second-order valence-electron chi connectivity index (χ2n) is 5.76. The molecule has 0 fully saturated rings. The molecule has 3 rings (SSSR count). The van der Waals surface area contributed by atoms with Crippen LogP contribution in [0.15, 0.2) is 36.5 Å². The Morgan fingerprint density at radius 3 is 2.80 bits per heavy atom. The van der Waals surface area contributed by atoms with Crippen molar-refractivity contribution in [2.24, 2.45) is 0 Å². The molecule has 0 atom stereocenters. The molecule has 1 aromatic carbocycles. The van der Waals surface area contributed by atoms with E-state index in [0.717, 1.165) is 17.7 Å². The normalized spacial score (nSPS) is 13.4. The maximum Gasteiger partial charge on any atom is 0.325 e. The van der Waals surface area contributed by atoms with Gasteiger partial charge in [0.1, 0.15) is 6.54 Å². The number of para-hydroxylation sites is 1. The van der Waals surface area contributed by atoms with Crippen LogP contribution >= 0.6 is 0 Å². The first kappa shape index (κ1) is 16.7. The minimum atomic E-state index is -1.01. The topological polar surface area (TPSA) is 105 Å². The summed E-state index contributed by atoms with van der Waals surface area (Å²) in [4.78, 5) is 36.5. The molecule has 0 unspecified atom stereocenters. The fourth-order valence-corrected chi connectivity index (χ4v) is 2.82. The van der Waals surface area contributed by atoms with Crippen LogP contribution in [0.5, 0.6) is 0 Å². The number of aryl methyl sites for hydroxylation is 1. The van der Waals surface area contributed by atoms with Gasteiger partial charge in [0, 0.05) is 37.3 Å². The van der Waals surface area contributed by atoms with Crippen LogP contribution in [-0.4, -0.2) is 39.2 Å². The molecule has 2 N–H and O–H groups in total. The van der Waals surface area contributed by atoms with Crippen molar-refractivity contribution in [3.63, 3.8) is 0 Å². The number of amides is 2. The molecule has 1 aliphatic heterocycles. The Kier molecular flexibility index (Phi) is 4.78. The van der Waals surface area contributed by atoms with Crippen LogP contribution in [0.1, 0.15) is 18.4 Å². The second-order valence-corrected chi connectivity index (χ2v) is 5.76. The second kappa shape index (κ2) is 7.16. The van der Waals surface area contributed by atoms with Gasteiger partial charge in [-0.3, -0.25) is 19.1 Å². The van der Waals surface area contributed by atoms with Crippen molar-refractivity contribution in [3.8, 4) is 0 Å². The highest BCUT2D eigenvalue weighted by Gasteiger charge is 2.24. The Labute approximate surface area is 144 Å². The number of hydrogen-bond donors (Lipinski definition) is 2. The van der Waals surface area contributed by atoms with Crippen molar-refractivity contribution in [1.29, 1.82) is 0 Å². The van der Waals surface area contributed by atoms with Crippen LogP contribution in [0.4, 0.5) is 11.5 Å². The molecule has 0 aliphatic carbocycles. The number of carboxylic acids is 1. The van der Waals surface area contributed by atoms with E-state index in [1.54, 1.807) is 4.90 Å². The van der Waals surface area contributed by atoms with E-state index in [1.165, 1.54) is 16.9 Å². The van der Waals surface area contributed by atoms with Crippen LogP contribution in [0.3, 0.4) is 0 Å². The Hall–Kier alpha value is -3.16. The predicted molar refractivity (Wildman–Crippen MR) is 90.2 cm³/mol. The molecule has 2 aromatic rings. The number of carboxylic acid groups (broad SMARTS) is 1. The summed E-state index contributed by atoms with van der Waals surface area (Å²) < 4.78 is 1.22. The molecule has 130 valence electrons. The summed E-state index contributed by atoms with van der Waals surface area (Å²) >= 11 is 0. The fraction of sp³-hybridized carbons (Fsp3) is 0.294. The Morgan fingerprint density at radius 2 is 2.00 bits per heavy atom. The zero-order valence-corrected chi connectivity index (χ0v) is 13.5. The van der Waals surface area contributed by atoms with Crippen molar-refractivity contribution in [2.75, 3.05) is 16.8 Å². The minimum Gasteiger partial charge on any atom is -0.480 e.